The fraction of sp³-hybridized carbons (Fsp3) is 0.846. The van der Waals surface area contributed by atoms with E-state index in [1.807, 2.05) is 0 Å². The summed E-state index contributed by atoms with van der Waals surface area (Å²) in [6.45, 7) is 4.47. The lowest BCUT2D eigenvalue weighted by Crippen LogP contribution is -2.57. The van der Waals surface area contributed by atoms with E-state index in [2.05, 4.69) is 0 Å². The fourth-order valence-corrected chi connectivity index (χ4v) is 2.53. The lowest BCUT2D eigenvalue weighted by Gasteiger charge is -2.42. The van der Waals surface area contributed by atoms with E-state index in [0.717, 1.165) is 0 Å². The standard InChI is InChI=1S/C13H20O7/c1-3-17-12(14)8-5-19-9-6-16-7-20-11(9)10(8)13(15)18-4-2/h8-11H,3-7H2,1-2H3. The maximum Gasteiger partial charge on any atom is 0.312 e. The number of esters is 2. The van der Waals surface area contributed by atoms with Crippen LogP contribution in [0.2, 0.25) is 0 Å². The van der Waals surface area contributed by atoms with E-state index in [-0.39, 0.29) is 32.7 Å². The molecule has 2 aliphatic rings. The number of fused-ring (bicyclic) bond motifs is 1. The molecule has 0 aromatic rings. The fourth-order valence-electron chi connectivity index (χ4n) is 2.53. The van der Waals surface area contributed by atoms with E-state index < -0.39 is 29.9 Å². The van der Waals surface area contributed by atoms with Crippen LogP contribution < -0.4 is 0 Å². The molecule has 2 aliphatic heterocycles. The summed E-state index contributed by atoms with van der Waals surface area (Å²) in [5, 5.41) is 0. The molecule has 0 aliphatic carbocycles. The number of hydrogen-bond acceptors (Lipinski definition) is 7. The van der Waals surface area contributed by atoms with Gasteiger partial charge < -0.3 is 23.7 Å². The van der Waals surface area contributed by atoms with Crippen LogP contribution in [0.15, 0.2) is 0 Å². The first-order valence-corrected chi connectivity index (χ1v) is 6.83. The summed E-state index contributed by atoms with van der Waals surface area (Å²) in [5.74, 6) is -2.32. The average Bonchev–Trinajstić information content (AvgIpc) is 2.46. The Morgan fingerprint density at radius 1 is 1.05 bits per heavy atom. The number of hydrogen-bond donors (Lipinski definition) is 0. The maximum atomic E-state index is 12.2. The SMILES string of the molecule is CCOC(=O)C1COC2COCOC2C1C(=O)OCC. The van der Waals surface area contributed by atoms with Crippen LogP contribution in [-0.4, -0.2) is 57.4 Å². The van der Waals surface area contributed by atoms with Crippen LogP contribution in [0.1, 0.15) is 13.8 Å². The van der Waals surface area contributed by atoms with Gasteiger partial charge in [0.05, 0.1) is 32.3 Å². The molecule has 0 aromatic carbocycles. The molecule has 7 nitrogen and oxygen atoms in total. The highest BCUT2D eigenvalue weighted by atomic mass is 16.7. The minimum atomic E-state index is -0.711. The molecule has 2 rings (SSSR count). The van der Waals surface area contributed by atoms with Crippen LogP contribution in [0.25, 0.3) is 0 Å². The van der Waals surface area contributed by atoms with Crippen molar-refractivity contribution in [1.29, 1.82) is 0 Å². The zero-order chi connectivity index (χ0) is 14.5. The van der Waals surface area contributed by atoms with E-state index in [1.165, 1.54) is 0 Å². The highest BCUT2D eigenvalue weighted by molar-refractivity contribution is 5.83. The van der Waals surface area contributed by atoms with E-state index in [9.17, 15) is 9.59 Å². The van der Waals surface area contributed by atoms with Gasteiger partial charge in [-0.3, -0.25) is 9.59 Å². The van der Waals surface area contributed by atoms with Gasteiger partial charge in [-0.15, -0.1) is 0 Å². The second-order valence-electron chi connectivity index (χ2n) is 4.63. The van der Waals surface area contributed by atoms with Gasteiger partial charge in [-0.1, -0.05) is 0 Å². The van der Waals surface area contributed by atoms with E-state index >= 15 is 0 Å². The van der Waals surface area contributed by atoms with Gasteiger partial charge in [0.15, 0.2) is 0 Å². The molecule has 20 heavy (non-hydrogen) atoms. The molecule has 2 heterocycles. The van der Waals surface area contributed by atoms with E-state index in [1.54, 1.807) is 13.8 Å². The monoisotopic (exact) mass is 288 g/mol. The Labute approximate surface area is 117 Å². The molecule has 0 aromatic heterocycles. The van der Waals surface area contributed by atoms with Crippen molar-refractivity contribution < 1.29 is 33.3 Å². The lowest BCUT2D eigenvalue weighted by molar-refractivity contribution is -0.255. The maximum absolute atomic E-state index is 12.2. The van der Waals surface area contributed by atoms with Crippen molar-refractivity contribution in [3.8, 4) is 0 Å². The summed E-state index contributed by atoms with van der Waals surface area (Å²) in [4.78, 5) is 24.2. The molecule has 7 heteroatoms. The molecule has 4 unspecified atom stereocenters. The summed E-state index contributed by atoms with van der Waals surface area (Å²) in [7, 11) is 0. The summed E-state index contributed by atoms with van der Waals surface area (Å²) in [6, 6.07) is 0. The van der Waals surface area contributed by atoms with Crippen molar-refractivity contribution in [3.05, 3.63) is 0 Å². The third-order valence-corrected chi connectivity index (χ3v) is 3.42. The zero-order valence-corrected chi connectivity index (χ0v) is 11.7. The van der Waals surface area contributed by atoms with Crippen LogP contribution in [0.4, 0.5) is 0 Å². The van der Waals surface area contributed by atoms with Crippen LogP contribution >= 0.6 is 0 Å². The highest BCUT2D eigenvalue weighted by Gasteiger charge is 2.50. The van der Waals surface area contributed by atoms with Crippen molar-refractivity contribution in [1.82, 2.24) is 0 Å². The molecule has 0 saturated carbocycles. The topological polar surface area (TPSA) is 80.3 Å². The Bertz CT molecular complexity index is 357. The van der Waals surface area contributed by atoms with Crippen LogP contribution in [-0.2, 0) is 33.3 Å². The van der Waals surface area contributed by atoms with Crippen LogP contribution in [0.5, 0.6) is 0 Å². The summed E-state index contributed by atoms with van der Waals surface area (Å²) in [6.07, 6.45) is -0.894. The van der Waals surface area contributed by atoms with Crippen molar-refractivity contribution in [2.75, 3.05) is 33.2 Å². The first kappa shape index (κ1) is 15.2. The molecule has 0 amide bonds. The number of ether oxygens (including phenoxy) is 5. The minimum absolute atomic E-state index is 0.0793. The predicted molar refractivity (Wildman–Crippen MR) is 65.7 cm³/mol. The lowest BCUT2D eigenvalue weighted by atomic mass is 9.82. The second-order valence-corrected chi connectivity index (χ2v) is 4.63. The van der Waals surface area contributed by atoms with Crippen molar-refractivity contribution in [2.45, 2.75) is 26.1 Å². The van der Waals surface area contributed by atoms with Gasteiger partial charge in [0, 0.05) is 0 Å². The van der Waals surface area contributed by atoms with Gasteiger partial charge in [0.2, 0.25) is 0 Å². The average molecular weight is 288 g/mol. The molecule has 2 fully saturated rings. The molecular weight excluding hydrogens is 268 g/mol. The second kappa shape index (κ2) is 7.01. The van der Waals surface area contributed by atoms with Gasteiger partial charge in [-0.25, -0.2) is 0 Å². The molecule has 0 radical (unpaired) electrons. The normalized spacial score (nSPS) is 33.1. The van der Waals surface area contributed by atoms with Crippen LogP contribution in [0.3, 0.4) is 0 Å². The number of carbonyl (C=O) groups is 2. The molecule has 114 valence electrons. The first-order chi connectivity index (χ1) is 9.69. The Morgan fingerprint density at radius 2 is 1.75 bits per heavy atom. The smallest absolute Gasteiger partial charge is 0.312 e. The quantitative estimate of drug-likeness (QED) is 0.679. The Morgan fingerprint density at radius 3 is 2.45 bits per heavy atom. The zero-order valence-electron chi connectivity index (χ0n) is 11.7. The van der Waals surface area contributed by atoms with Gasteiger partial charge in [0.1, 0.15) is 24.9 Å². The first-order valence-electron chi connectivity index (χ1n) is 6.83. The number of rotatable bonds is 4. The molecule has 0 bridgehead atoms. The molecular formula is C13H20O7. The molecule has 2 saturated heterocycles. The summed E-state index contributed by atoms with van der Waals surface area (Å²) < 4.78 is 26.3. The summed E-state index contributed by atoms with van der Waals surface area (Å²) >= 11 is 0. The Kier molecular flexibility index (Phi) is 5.33. The van der Waals surface area contributed by atoms with Crippen molar-refractivity contribution in [3.63, 3.8) is 0 Å². The Hall–Kier alpha value is -1.18. The third-order valence-electron chi connectivity index (χ3n) is 3.42. The highest BCUT2D eigenvalue weighted by Crippen LogP contribution is 2.32. The van der Waals surface area contributed by atoms with E-state index in [4.69, 9.17) is 23.7 Å². The van der Waals surface area contributed by atoms with E-state index in [0.29, 0.717) is 6.61 Å². The Balaban J connectivity index is 2.17. The number of carbonyl (C=O) groups excluding carboxylic acids is 2. The van der Waals surface area contributed by atoms with Gasteiger partial charge in [-0.05, 0) is 13.8 Å². The van der Waals surface area contributed by atoms with Gasteiger partial charge >= 0.3 is 11.9 Å². The third kappa shape index (κ3) is 3.11. The van der Waals surface area contributed by atoms with Gasteiger partial charge in [0.25, 0.3) is 0 Å². The largest absolute Gasteiger partial charge is 0.466 e. The van der Waals surface area contributed by atoms with Crippen molar-refractivity contribution >= 4 is 11.9 Å². The molecule has 0 N–H and O–H groups in total. The summed E-state index contributed by atoms with van der Waals surface area (Å²) in [5.41, 5.74) is 0. The molecule has 0 spiro atoms. The van der Waals surface area contributed by atoms with Crippen LogP contribution in [0, 0.1) is 11.8 Å². The van der Waals surface area contributed by atoms with Crippen molar-refractivity contribution in [2.24, 2.45) is 11.8 Å². The predicted octanol–water partition coefficient (Wildman–Crippen LogP) is 0.117. The minimum Gasteiger partial charge on any atom is -0.466 e. The molecule has 4 atom stereocenters. The van der Waals surface area contributed by atoms with Gasteiger partial charge in [-0.2, -0.15) is 0 Å².